The van der Waals surface area contributed by atoms with Gasteiger partial charge in [0.1, 0.15) is 12.4 Å². The topological polar surface area (TPSA) is 46.9 Å². The number of hydrogen-bond acceptors (Lipinski definition) is 2. The van der Waals surface area contributed by atoms with E-state index in [0.717, 1.165) is 16.6 Å². The van der Waals surface area contributed by atoms with E-state index < -0.39 is 0 Å². The second kappa shape index (κ2) is 6.43. The van der Waals surface area contributed by atoms with Crippen molar-refractivity contribution in [3.63, 3.8) is 0 Å². The summed E-state index contributed by atoms with van der Waals surface area (Å²) in [5.74, 6) is -0.387. The number of benzene rings is 2. The molecule has 0 unspecified atom stereocenters. The molecule has 0 bridgehead atoms. The molecule has 0 aliphatic rings. The largest absolute Gasteiger partial charge is 0.350 e. The van der Waals surface area contributed by atoms with Crippen molar-refractivity contribution in [3.8, 4) is 0 Å². The molecule has 1 aromatic heterocycles. The van der Waals surface area contributed by atoms with E-state index in [1.54, 1.807) is 19.3 Å². The van der Waals surface area contributed by atoms with Crippen molar-refractivity contribution < 1.29 is 9.18 Å². The lowest BCUT2D eigenvalue weighted by Gasteiger charge is -2.08. The number of halogens is 1. The number of aryl methyl sites for hydroxylation is 3. The molecule has 1 N–H and O–H groups in total. The van der Waals surface area contributed by atoms with Crippen LogP contribution in [0.15, 0.2) is 36.7 Å². The number of nitrogens with zero attached hydrogens (tertiary/aromatic N) is 2. The van der Waals surface area contributed by atoms with Crippen LogP contribution in [0.5, 0.6) is 0 Å². The fourth-order valence-corrected chi connectivity index (χ4v) is 2.60. The Bertz CT molecular complexity index is 914. The third-order valence-electron chi connectivity index (χ3n) is 4.28. The van der Waals surface area contributed by atoms with E-state index in [2.05, 4.69) is 10.3 Å². The number of rotatable bonds is 4. The summed E-state index contributed by atoms with van der Waals surface area (Å²) in [6.45, 7) is 6.29. The van der Waals surface area contributed by atoms with Crippen molar-refractivity contribution in [3.05, 3.63) is 64.7 Å². The lowest BCUT2D eigenvalue weighted by Crippen LogP contribution is -2.26. The molecule has 124 valence electrons. The Morgan fingerprint density at radius 2 is 1.88 bits per heavy atom. The van der Waals surface area contributed by atoms with Crippen LogP contribution in [0.25, 0.3) is 11.0 Å². The zero-order chi connectivity index (χ0) is 17.3. The first kappa shape index (κ1) is 16.2. The summed E-state index contributed by atoms with van der Waals surface area (Å²) in [5.41, 5.74) is 5.51. The molecule has 0 atom stereocenters. The molecule has 24 heavy (non-hydrogen) atoms. The van der Waals surface area contributed by atoms with Gasteiger partial charge >= 0.3 is 0 Å². The van der Waals surface area contributed by atoms with Crippen molar-refractivity contribution >= 4 is 16.9 Å². The second-order valence-electron chi connectivity index (χ2n) is 6.16. The van der Waals surface area contributed by atoms with Gasteiger partial charge in [-0.2, -0.15) is 0 Å². The highest BCUT2D eigenvalue weighted by Crippen LogP contribution is 2.18. The first-order valence-corrected chi connectivity index (χ1v) is 7.88. The van der Waals surface area contributed by atoms with Crippen molar-refractivity contribution in [1.82, 2.24) is 14.9 Å². The quantitative estimate of drug-likeness (QED) is 0.799. The number of nitrogens with one attached hydrogen (secondary N) is 1. The van der Waals surface area contributed by atoms with E-state index in [-0.39, 0.29) is 18.3 Å². The van der Waals surface area contributed by atoms with Gasteiger partial charge in [0, 0.05) is 6.54 Å². The molecule has 0 radical (unpaired) electrons. The summed E-state index contributed by atoms with van der Waals surface area (Å²) in [5, 5.41) is 2.82. The normalized spacial score (nSPS) is 11.0. The molecule has 0 fully saturated rings. The highest BCUT2D eigenvalue weighted by atomic mass is 19.1. The van der Waals surface area contributed by atoms with Crippen LogP contribution < -0.4 is 5.32 Å². The molecule has 0 aliphatic heterocycles. The summed E-state index contributed by atoms with van der Waals surface area (Å²) < 4.78 is 15.4. The van der Waals surface area contributed by atoms with Gasteiger partial charge in [0.15, 0.2) is 0 Å². The molecule has 5 heteroatoms. The molecule has 0 saturated heterocycles. The van der Waals surface area contributed by atoms with Gasteiger partial charge < -0.3 is 9.88 Å². The fraction of sp³-hybridized carbons (Fsp3) is 0.263. The third kappa shape index (κ3) is 3.30. The Kier molecular flexibility index (Phi) is 4.34. The monoisotopic (exact) mass is 325 g/mol. The number of aromatic nitrogens is 2. The zero-order valence-corrected chi connectivity index (χ0v) is 14.1. The maximum absolute atomic E-state index is 13.5. The van der Waals surface area contributed by atoms with Crippen LogP contribution in [0.4, 0.5) is 4.39 Å². The number of carbonyl (C=O) groups is 1. The number of imidazole rings is 1. The van der Waals surface area contributed by atoms with E-state index in [9.17, 15) is 9.18 Å². The van der Waals surface area contributed by atoms with Crippen LogP contribution in [0.1, 0.15) is 22.3 Å². The van der Waals surface area contributed by atoms with Gasteiger partial charge in [0.05, 0.1) is 17.4 Å². The first-order chi connectivity index (χ1) is 11.4. The van der Waals surface area contributed by atoms with Crippen LogP contribution in [0, 0.1) is 26.6 Å². The van der Waals surface area contributed by atoms with Crippen LogP contribution >= 0.6 is 0 Å². The smallest absolute Gasteiger partial charge is 0.240 e. The lowest BCUT2D eigenvalue weighted by atomic mass is 10.1. The summed E-state index contributed by atoms with van der Waals surface area (Å²) in [6, 6.07) is 9.05. The van der Waals surface area contributed by atoms with E-state index in [0.29, 0.717) is 12.1 Å². The Balaban J connectivity index is 1.68. The van der Waals surface area contributed by atoms with Gasteiger partial charge in [0.2, 0.25) is 5.91 Å². The van der Waals surface area contributed by atoms with Gasteiger partial charge in [-0.1, -0.05) is 12.1 Å². The molecular weight excluding hydrogens is 305 g/mol. The minimum absolute atomic E-state index is 0.131. The number of hydrogen-bond donors (Lipinski definition) is 1. The average molecular weight is 325 g/mol. The van der Waals surface area contributed by atoms with Gasteiger partial charge in [-0.15, -0.1) is 0 Å². The van der Waals surface area contributed by atoms with Gasteiger partial charge in [-0.05, 0) is 61.2 Å². The van der Waals surface area contributed by atoms with E-state index in [1.165, 1.54) is 17.2 Å². The lowest BCUT2D eigenvalue weighted by molar-refractivity contribution is -0.121. The summed E-state index contributed by atoms with van der Waals surface area (Å²) >= 11 is 0. The van der Waals surface area contributed by atoms with Crippen LogP contribution in [-0.2, 0) is 17.9 Å². The molecular formula is C19H20FN3O. The minimum atomic E-state index is -0.256. The van der Waals surface area contributed by atoms with E-state index in [4.69, 9.17) is 0 Å². The maximum Gasteiger partial charge on any atom is 0.240 e. The summed E-state index contributed by atoms with van der Waals surface area (Å²) in [4.78, 5) is 16.5. The van der Waals surface area contributed by atoms with Crippen LogP contribution in [-0.4, -0.2) is 15.5 Å². The van der Waals surface area contributed by atoms with Crippen molar-refractivity contribution in [2.45, 2.75) is 33.9 Å². The standard InChI is InChI=1S/C19H20FN3O/c1-12-4-5-15(8-16(12)20)9-21-19(24)10-23-11-22-17-6-13(2)14(3)7-18(17)23/h4-8,11H,9-10H2,1-3H3,(H,21,24). The molecule has 1 amide bonds. The predicted octanol–water partition coefficient (Wildman–Crippen LogP) is 3.42. The SMILES string of the molecule is Cc1cc2ncn(CC(=O)NCc3ccc(C)c(F)c3)c2cc1C. The minimum Gasteiger partial charge on any atom is -0.350 e. The highest BCUT2D eigenvalue weighted by molar-refractivity contribution is 5.81. The Morgan fingerprint density at radius 1 is 1.12 bits per heavy atom. The number of amides is 1. The third-order valence-corrected chi connectivity index (χ3v) is 4.28. The second-order valence-corrected chi connectivity index (χ2v) is 6.16. The van der Waals surface area contributed by atoms with Crippen molar-refractivity contribution in [1.29, 1.82) is 0 Å². The van der Waals surface area contributed by atoms with Crippen molar-refractivity contribution in [2.24, 2.45) is 0 Å². The Morgan fingerprint density at radius 3 is 2.62 bits per heavy atom. The average Bonchev–Trinajstić information content (AvgIpc) is 2.91. The van der Waals surface area contributed by atoms with E-state index in [1.807, 2.05) is 36.6 Å². The first-order valence-electron chi connectivity index (χ1n) is 7.88. The molecule has 0 saturated carbocycles. The molecule has 0 spiro atoms. The molecule has 3 aromatic rings. The van der Waals surface area contributed by atoms with Gasteiger partial charge in [-0.25, -0.2) is 9.37 Å². The Labute approximate surface area is 140 Å². The summed E-state index contributed by atoms with van der Waals surface area (Å²) in [6.07, 6.45) is 1.68. The van der Waals surface area contributed by atoms with E-state index >= 15 is 0 Å². The van der Waals surface area contributed by atoms with Crippen LogP contribution in [0.3, 0.4) is 0 Å². The molecule has 0 aliphatic carbocycles. The molecule has 4 nitrogen and oxygen atoms in total. The fourth-order valence-electron chi connectivity index (χ4n) is 2.60. The number of fused-ring (bicyclic) bond motifs is 1. The van der Waals surface area contributed by atoms with Gasteiger partial charge in [-0.3, -0.25) is 4.79 Å². The Hall–Kier alpha value is -2.69. The molecule has 2 aromatic carbocycles. The molecule has 3 rings (SSSR count). The number of carbonyl (C=O) groups excluding carboxylic acids is 1. The molecule has 1 heterocycles. The van der Waals surface area contributed by atoms with Crippen LogP contribution in [0.2, 0.25) is 0 Å². The zero-order valence-electron chi connectivity index (χ0n) is 14.1. The highest BCUT2D eigenvalue weighted by Gasteiger charge is 2.09. The van der Waals surface area contributed by atoms with Gasteiger partial charge in [0.25, 0.3) is 0 Å². The predicted molar refractivity (Wildman–Crippen MR) is 92.2 cm³/mol. The summed E-state index contributed by atoms with van der Waals surface area (Å²) in [7, 11) is 0. The maximum atomic E-state index is 13.5. The van der Waals surface area contributed by atoms with Crippen molar-refractivity contribution in [2.75, 3.05) is 0 Å².